The fourth-order valence-electron chi connectivity index (χ4n) is 3.09. The molecule has 0 spiro atoms. The lowest BCUT2D eigenvalue weighted by Gasteiger charge is -2.36. The van der Waals surface area contributed by atoms with Gasteiger partial charge in [-0.3, -0.25) is 4.79 Å². The molecule has 1 aromatic rings. The number of fused-ring (bicyclic) bond motifs is 1. The summed E-state index contributed by atoms with van der Waals surface area (Å²) in [6.45, 7) is 3.97. The number of nitrogens with one attached hydrogen (secondary N) is 1. The summed E-state index contributed by atoms with van der Waals surface area (Å²) < 4.78 is 0. The molecule has 1 fully saturated rings. The van der Waals surface area contributed by atoms with Gasteiger partial charge in [-0.25, -0.2) is 0 Å². The molecule has 0 aromatic heterocycles. The normalized spacial score (nSPS) is 27.1. The Bertz CT molecular complexity index is 452. The number of nitrogens with zero attached hydrogens (tertiary/aromatic N) is 1. The standard InChI is InChI=1S/C15H20N2O/c1-11-6-7-12-4-2-3-5-14(12)17(11)15(18)13-8-9-16-10-13/h2-5,11,13,16H,6-10H2,1H3. The highest BCUT2D eigenvalue weighted by Crippen LogP contribution is 2.32. The first kappa shape index (κ1) is 11.7. The second kappa shape index (κ2) is 4.73. The number of para-hydroxylation sites is 1. The largest absolute Gasteiger partial charge is 0.316 e. The molecule has 1 amide bonds. The van der Waals surface area contributed by atoms with Crippen LogP contribution in [0.25, 0.3) is 0 Å². The van der Waals surface area contributed by atoms with Crippen molar-refractivity contribution in [2.45, 2.75) is 32.2 Å². The molecule has 1 aromatic carbocycles. The van der Waals surface area contributed by atoms with Gasteiger partial charge in [-0.1, -0.05) is 18.2 Å². The van der Waals surface area contributed by atoms with Crippen molar-refractivity contribution >= 4 is 11.6 Å². The van der Waals surface area contributed by atoms with Crippen molar-refractivity contribution in [1.82, 2.24) is 5.32 Å². The highest BCUT2D eigenvalue weighted by Gasteiger charge is 2.33. The van der Waals surface area contributed by atoms with Crippen molar-refractivity contribution in [2.75, 3.05) is 18.0 Å². The Balaban J connectivity index is 1.92. The zero-order valence-corrected chi connectivity index (χ0v) is 10.9. The Morgan fingerprint density at radius 3 is 2.94 bits per heavy atom. The van der Waals surface area contributed by atoms with Crippen molar-refractivity contribution in [3.8, 4) is 0 Å². The molecule has 1 N–H and O–H groups in total. The van der Waals surface area contributed by atoms with Gasteiger partial charge in [-0.2, -0.15) is 0 Å². The molecule has 0 bridgehead atoms. The molecule has 2 atom stereocenters. The summed E-state index contributed by atoms with van der Waals surface area (Å²) in [5, 5.41) is 3.28. The monoisotopic (exact) mass is 244 g/mol. The molecule has 3 heteroatoms. The van der Waals surface area contributed by atoms with Gasteiger partial charge >= 0.3 is 0 Å². The highest BCUT2D eigenvalue weighted by atomic mass is 16.2. The van der Waals surface area contributed by atoms with E-state index in [0.717, 1.165) is 38.0 Å². The van der Waals surface area contributed by atoms with Crippen LogP contribution in [0, 0.1) is 5.92 Å². The Kier molecular flexibility index (Phi) is 3.08. The van der Waals surface area contributed by atoms with Crippen LogP contribution in [0.2, 0.25) is 0 Å². The van der Waals surface area contributed by atoms with Crippen LogP contribution in [0.3, 0.4) is 0 Å². The number of carbonyl (C=O) groups is 1. The van der Waals surface area contributed by atoms with E-state index in [9.17, 15) is 4.79 Å². The maximum Gasteiger partial charge on any atom is 0.231 e. The van der Waals surface area contributed by atoms with Crippen LogP contribution in [-0.4, -0.2) is 25.0 Å². The second-order valence-electron chi connectivity index (χ2n) is 5.41. The van der Waals surface area contributed by atoms with E-state index in [-0.39, 0.29) is 5.92 Å². The number of benzene rings is 1. The van der Waals surface area contributed by atoms with Crippen molar-refractivity contribution in [1.29, 1.82) is 0 Å². The summed E-state index contributed by atoms with van der Waals surface area (Å²) in [5.74, 6) is 0.471. The molecular formula is C15H20N2O. The Labute approximate surface area is 108 Å². The second-order valence-corrected chi connectivity index (χ2v) is 5.41. The lowest BCUT2D eigenvalue weighted by Crippen LogP contribution is -2.45. The summed E-state index contributed by atoms with van der Waals surface area (Å²) in [6.07, 6.45) is 3.14. The third-order valence-corrected chi connectivity index (χ3v) is 4.17. The maximum absolute atomic E-state index is 12.7. The van der Waals surface area contributed by atoms with Gasteiger partial charge < -0.3 is 10.2 Å². The molecule has 0 radical (unpaired) electrons. The van der Waals surface area contributed by atoms with Crippen LogP contribution in [0.4, 0.5) is 5.69 Å². The number of hydrogen-bond donors (Lipinski definition) is 1. The van der Waals surface area contributed by atoms with E-state index in [0.29, 0.717) is 11.9 Å². The molecule has 2 aliphatic rings. The fraction of sp³-hybridized carbons (Fsp3) is 0.533. The van der Waals surface area contributed by atoms with E-state index in [4.69, 9.17) is 0 Å². The number of hydrogen-bond acceptors (Lipinski definition) is 2. The van der Waals surface area contributed by atoms with Gasteiger partial charge in [0.2, 0.25) is 5.91 Å². The zero-order chi connectivity index (χ0) is 12.5. The molecule has 18 heavy (non-hydrogen) atoms. The molecule has 3 nitrogen and oxygen atoms in total. The fourth-order valence-corrected chi connectivity index (χ4v) is 3.09. The van der Waals surface area contributed by atoms with Gasteiger partial charge in [0, 0.05) is 18.3 Å². The Morgan fingerprint density at radius 1 is 1.33 bits per heavy atom. The third kappa shape index (κ3) is 1.93. The van der Waals surface area contributed by atoms with E-state index < -0.39 is 0 Å². The first-order valence-electron chi connectivity index (χ1n) is 6.89. The predicted octanol–water partition coefficient (Wildman–Crippen LogP) is 1.96. The lowest BCUT2D eigenvalue weighted by atomic mass is 9.94. The first-order valence-corrected chi connectivity index (χ1v) is 6.89. The molecule has 2 aliphatic heterocycles. The van der Waals surface area contributed by atoms with Crippen molar-refractivity contribution < 1.29 is 4.79 Å². The van der Waals surface area contributed by atoms with Crippen LogP contribution in [0.15, 0.2) is 24.3 Å². The lowest BCUT2D eigenvalue weighted by molar-refractivity contribution is -0.122. The topological polar surface area (TPSA) is 32.3 Å². The number of aryl methyl sites for hydroxylation is 1. The van der Waals surface area contributed by atoms with E-state index in [1.165, 1.54) is 5.56 Å². The number of rotatable bonds is 1. The molecule has 96 valence electrons. The zero-order valence-electron chi connectivity index (χ0n) is 10.9. The van der Waals surface area contributed by atoms with E-state index in [1.54, 1.807) is 0 Å². The van der Waals surface area contributed by atoms with Gasteiger partial charge in [-0.05, 0) is 44.4 Å². The van der Waals surface area contributed by atoms with Crippen molar-refractivity contribution in [3.05, 3.63) is 29.8 Å². The minimum absolute atomic E-state index is 0.165. The Morgan fingerprint density at radius 2 is 2.17 bits per heavy atom. The van der Waals surface area contributed by atoms with Gasteiger partial charge in [0.15, 0.2) is 0 Å². The highest BCUT2D eigenvalue weighted by molar-refractivity contribution is 5.97. The van der Waals surface area contributed by atoms with Crippen molar-refractivity contribution in [2.24, 2.45) is 5.92 Å². The molecule has 3 rings (SSSR count). The third-order valence-electron chi connectivity index (χ3n) is 4.17. The van der Waals surface area contributed by atoms with Crippen LogP contribution in [0.1, 0.15) is 25.3 Å². The van der Waals surface area contributed by atoms with Crippen LogP contribution >= 0.6 is 0 Å². The SMILES string of the molecule is CC1CCc2ccccc2N1C(=O)C1CCNC1. The van der Waals surface area contributed by atoms with Crippen LogP contribution in [-0.2, 0) is 11.2 Å². The van der Waals surface area contributed by atoms with Gasteiger partial charge in [0.1, 0.15) is 0 Å². The summed E-state index contributed by atoms with van der Waals surface area (Å²) in [4.78, 5) is 14.7. The van der Waals surface area contributed by atoms with Crippen molar-refractivity contribution in [3.63, 3.8) is 0 Å². The summed E-state index contributed by atoms with van der Waals surface area (Å²) in [6, 6.07) is 8.66. The van der Waals surface area contributed by atoms with Gasteiger partial charge in [0.25, 0.3) is 0 Å². The van der Waals surface area contributed by atoms with Crippen LogP contribution in [0.5, 0.6) is 0 Å². The predicted molar refractivity (Wildman–Crippen MR) is 72.7 cm³/mol. The molecule has 1 saturated heterocycles. The number of anilines is 1. The molecule has 2 heterocycles. The quantitative estimate of drug-likeness (QED) is 0.819. The molecule has 0 saturated carbocycles. The molecular weight excluding hydrogens is 224 g/mol. The Hall–Kier alpha value is -1.35. The minimum atomic E-state index is 0.165. The maximum atomic E-state index is 12.7. The average molecular weight is 244 g/mol. The first-order chi connectivity index (χ1) is 8.77. The average Bonchev–Trinajstić information content (AvgIpc) is 2.92. The molecule has 2 unspecified atom stereocenters. The summed E-state index contributed by atoms with van der Waals surface area (Å²) in [7, 11) is 0. The van der Waals surface area contributed by atoms with Crippen LogP contribution < -0.4 is 10.2 Å². The van der Waals surface area contributed by atoms with E-state index in [1.807, 2.05) is 11.0 Å². The molecule has 0 aliphatic carbocycles. The van der Waals surface area contributed by atoms with E-state index in [2.05, 4.69) is 30.4 Å². The van der Waals surface area contributed by atoms with E-state index >= 15 is 0 Å². The summed E-state index contributed by atoms with van der Waals surface area (Å²) >= 11 is 0. The smallest absolute Gasteiger partial charge is 0.231 e. The number of amides is 1. The van der Waals surface area contributed by atoms with Gasteiger partial charge in [0.05, 0.1) is 5.92 Å². The number of carbonyl (C=O) groups excluding carboxylic acids is 1. The minimum Gasteiger partial charge on any atom is -0.316 e. The van der Waals surface area contributed by atoms with Gasteiger partial charge in [-0.15, -0.1) is 0 Å². The summed E-state index contributed by atoms with van der Waals surface area (Å²) in [5.41, 5.74) is 2.45.